The average molecular weight is 660 g/mol. The zero-order chi connectivity index (χ0) is 30.8. The second kappa shape index (κ2) is 12.8. The largest absolute Gasteiger partial charge is 0.289 e. The van der Waals surface area contributed by atoms with E-state index in [0.29, 0.717) is 42.9 Å². The van der Waals surface area contributed by atoms with Gasteiger partial charge in [0.1, 0.15) is 23.1 Å². The van der Waals surface area contributed by atoms with E-state index in [-0.39, 0.29) is 36.3 Å². The average Bonchev–Trinajstić information content (AvgIpc) is 3.47. The number of nitrogens with zero attached hydrogens (tertiary/aromatic N) is 4. The second-order valence-corrected chi connectivity index (χ2v) is 11.6. The van der Waals surface area contributed by atoms with Crippen molar-refractivity contribution in [2.24, 2.45) is 9.98 Å². The Morgan fingerprint density at radius 3 is 1.30 bits per heavy atom. The van der Waals surface area contributed by atoms with Crippen LogP contribution in [0.4, 0.5) is 0 Å². The van der Waals surface area contributed by atoms with Gasteiger partial charge in [0.2, 0.25) is 0 Å². The van der Waals surface area contributed by atoms with Crippen LogP contribution in [0.15, 0.2) is 118 Å². The van der Waals surface area contributed by atoms with Crippen molar-refractivity contribution in [3.05, 3.63) is 151 Å². The summed E-state index contributed by atoms with van der Waals surface area (Å²) >= 11 is 25.5. The summed E-state index contributed by atoms with van der Waals surface area (Å²) in [5.74, 6) is 0.0521. The van der Waals surface area contributed by atoms with Gasteiger partial charge in [-0.05, 0) is 59.7 Å². The number of amidine groups is 2. The fraction of sp³-hybridized carbons (Fsp3) is 0.0588. The minimum atomic E-state index is -0.329. The van der Waals surface area contributed by atoms with Gasteiger partial charge in [0.15, 0.2) is 0 Å². The van der Waals surface area contributed by atoms with Gasteiger partial charge in [-0.15, -0.1) is 0 Å². The van der Waals surface area contributed by atoms with E-state index in [1.165, 1.54) is 9.80 Å². The van der Waals surface area contributed by atoms with E-state index in [2.05, 4.69) is 9.98 Å². The Bertz CT molecular complexity index is 1760. The molecule has 4 aromatic rings. The summed E-state index contributed by atoms with van der Waals surface area (Å²) in [4.78, 5) is 40.0. The molecule has 0 aliphatic carbocycles. The number of hydrogen-bond acceptors (Lipinski definition) is 4. The lowest BCUT2D eigenvalue weighted by molar-refractivity contribution is -0.125. The SMILES string of the molecule is O=C1/C(=C/c2ccccc2)N=C(c2ccc(Cl)cc2Cl)N1CCN1C(=O)/C(=C\c2ccccc2)N=C1c1ccc(Cl)cc1Cl. The Morgan fingerprint density at radius 1 is 0.545 bits per heavy atom. The molecule has 0 saturated carbocycles. The van der Waals surface area contributed by atoms with Gasteiger partial charge in [-0.25, -0.2) is 9.98 Å². The molecule has 4 aromatic carbocycles. The monoisotopic (exact) mass is 658 g/mol. The first-order valence-corrected chi connectivity index (χ1v) is 15.0. The summed E-state index contributed by atoms with van der Waals surface area (Å²) in [7, 11) is 0. The smallest absolute Gasteiger partial charge is 0.278 e. The fourth-order valence-corrected chi connectivity index (χ4v) is 5.87. The van der Waals surface area contributed by atoms with Crippen LogP contribution in [0.2, 0.25) is 20.1 Å². The zero-order valence-electron chi connectivity index (χ0n) is 22.9. The Hall–Kier alpha value is -4.20. The predicted octanol–water partition coefficient (Wildman–Crippen LogP) is 8.26. The minimum absolute atomic E-state index is 0.0946. The normalized spacial score (nSPS) is 16.7. The summed E-state index contributed by atoms with van der Waals surface area (Å²) in [6.45, 7) is 0.189. The highest BCUT2D eigenvalue weighted by molar-refractivity contribution is 6.38. The third-order valence-corrected chi connectivity index (χ3v) is 8.09. The number of benzene rings is 4. The van der Waals surface area contributed by atoms with Gasteiger partial charge in [-0.2, -0.15) is 0 Å². The Kier molecular flexibility index (Phi) is 8.69. The van der Waals surface area contributed by atoms with Gasteiger partial charge < -0.3 is 0 Å². The first-order valence-electron chi connectivity index (χ1n) is 13.5. The first kappa shape index (κ1) is 29.9. The van der Waals surface area contributed by atoms with Crippen molar-refractivity contribution in [3.63, 3.8) is 0 Å². The molecule has 0 saturated heterocycles. The van der Waals surface area contributed by atoms with Crippen molar-refractivity contribution in [3.8, 4) is 0 Å². The number of halogens is 4. The van der Waals surface area contributed by atoms with Gasteiger partial charge in [-0.1, -0.05) is 107 Å². The molecular weight excluding hydrogens is 638 g/mol. The topological polar surface area (TPSA) is 65.3 Å². The van der Waals surface area contributed by atoms with Crippen molar-refractivity contribution in [2.75, 3.05) is 13.1 Å². The zero-order valence-corrected chi connectivity index (χ0v) is 25.9. The molecule has 2 aliphatic rings. The molecular formula is C34H22Cl4N4O2. The van der Waals surface area contributed by atoms with Crippen LogP contribution in [0.3, 0.4) is 0 Å². The van der Waals surface area contributed by atoms with Crippen molar-refractivity contribution >= 4 is 82.0 Å². The van der Waals surface area contributed by atoms with Crippen LogP contribution in [0, 0.1) is 0 Å². The second-order valence-electron chi connectivity index (χ2n) is 9.91. The van der Waals surface area contributed by atoms with Gasteiger partial charge >= 0.3 is 0 Å². The third kappa shape index (κ3) is 6.21. The highest BCUT2D eigenvalue weighted by Crippen LogP contribution is 2.31. The predicted molar refractivity (Wildman–Crippen MR) is 178 cm³/mol. The quantitative estimate of drug-likeness (QED) is 0.188. The highest BCUT2D eigenvalue weighted by Gasteiger charge is 2.36. The maximum atomic E-state index is 13.8. The van der Waals surface area contributed by atoms with E-state index in [0.717, 1.165) is 11.1 Å². The molecule has 44 heavy (non-hydrogen) atoms. The molecule has 2 amide bonds. The van der Waals surface area contributed by atoms with Gasteiger partial charge in [0.05, 0.1) is 10.0 Å². The van der Waals surface area contributed by atoms with Crippen molar-refractivity contribution < 1.29 is 9.59 Å². The third-order valence-electron chi connectivity index (χ3n) is 6.99. The molecule has 0 radical (unpaired) electrons. The molecule has 2 aliphatic heterocycles. The number of amides is 2. The van der Waals surface area contributed by atoms with Crippen molar-refractivity contribution in [1.82, 2.24) is 9.80 Å². The van der Waals surface area contributed by atoms with Crippen molar-refractivity contribution in [2.45, 2.75) is 0 Å². The Morgan fingerprint density at radius 2 is 0.932 bits per heavy atom. The molecule has 0 unspecified atom stereocenters. The van der Waals surface area contributed by atoms with E-state index >= 15 is 0 Å². The number of carbonyl (C=O) groups excluding carboxylic acids is 2. The maximum Gasteiger partial charge on any atom is 0.278 e. The van der Waals surface area contributed by atoms with Crippen LogP contribution in [0.25, 0.3) is 12.2 Å². The molecule has 218 valence electrons. The number of aliphatic imine (C=N–C) groups is 2. The fourth-order valence-electron chi connectivity index (χ4n) is 4.88. The molecule has 0 spiro atoms. The van der Waals surface area contributed by atoms with Crippen LogP contribution in [-0.2, 0) is 9.59 Å². The maximum absolute atomic E-state index is 13.8. The number of carbonyl (C=O) groups is 2. The summed E-state index contributed by atoms with van der Waals surface area (Å²) in [6, 6.07) is 28.9. The molecule has 10 heteroatoms. The van der Waals surface area contributed by atoms with E-state index in [1.807, 2.05) is 60.7 Å². The van der Waals surface area contributed by atoms with Gasteiger partial charge in [-0.3, -0.25) is 19.4 Å². The summed E-state index contributed by atoms with van der Waals surface area (Å²) in [6.07, 6.45) is 3.43. The van der Waals surface area contributed by atoms with Crippen LogP contribution < -0.4 is 0 Å². The highest BCUT2D eigenvalue weighted by atomic mass is 35.5. The number of hydrogen-bond donors (Lipinski definition) is 0. The molecule has 0 aromatic heterocycles. The van der Waals surface area contributed by atoms with Gasteiger partial charge in [0.25, 0.3) is 11.8 Å². The molecule has 2 heterocycles. The standard InChI is InChI=1S/C34H22Cl4N4O2/c35-23-11-13-25(27(37)19-23)31-39-29(17-21-7-3-1-4-8-21)33(43)41(31)15-16-42-32(26-14-12-24(36)20-28(26)38)40-30(34(42)44)18-22-9-5-2-6-10-22/h1-14,17-20H,15-16H2/b29-17-,30-18+. The molecule has 6 rings (SSSR count). The Balaban J connectivity index is 1.36. The van der Waals surface area contributed by atoms with Crippen LogP contribution >= 0.6 is 46.4 Å². The van der Waals surface area contributed by atoms with Gasteiger partial charge in [0, 0.05) is 34.3 Å². The molecule has 6 nitrogen and oxygen atoms in total. The Labute approximate surface area is 274 Å². The molecule has 0 N–H and O–H groups in total. The summed E-state index contributed by atoms with van der Waals surface area (Å²) < 4.78 is 0. The van der Waals surface area contributed by atoms with E-state index < -0.39 is 0 Å². The van der Waals surface area contributed by atoms with Crippen LogP contribution in [-0.4, -0.2) is 46.4 Å². The van der Waals surface area contributed by atoms with E-state index in [4.69, 9.17) is 46.4 Å². The minimum Gasteiger partial charge on any atom is -0.289 e. The lowest BCUT2D eigenvalue weighted by Gasteiger charge is -2.24. The molecule has 0 atom stereocenters. The summed E-state index contributed by atoms with van der Waals surface area (Å²) in [5, 5.41) is 1.60. The van der Waals surface area contributed by atoms with E-state index in [9.17, 15) is 9.59 Å². The number of rotatable bonds is 7. The van der Waals surface area contributed by atoms with E-state index in [1.54, 1.807) is 48.6 Å². The molecule has 0 bridgehead atoms. The van der Waals surface area contributed by atoms with Crippen LogP contribution in [0.5, 0.6) is 0 Å². The lowest BCUT2D eigenvalue weighted by atomic mass is 10.1. The molecule has 0 fully saturated rings. The summed E-state index contributed by atoms with van der Waals surface area (Å²) in [5.41, 5.74) is 3.19. The van der Waals surface area contributed by atoms with Crippen molar-refractivity contribution in [1.29, 1.82) is 0 Å². The first-order chi connectivity index (χ1) is 21.3. The lowest BCUT2D eigenvalue weighted by Crippen LogP contribution is -2.43. The van der Waals surface area contributed by atoms with Crippen LogP contribution in [0.1, 0.15) is 22.3 Å².